The molecule has 1 aromatic rings. The Morgan fingerprint density at radius 2 is 2.31 bits per heavy atom. The van der Waals surface area contributed by atoms with E-state index in [0.29, 0.717) is 25.6 Å². The molecule has 0 radical (unpaired) electrons. The Labute approximate surface area is 77.5 Å². The van der Waals surface area contributed by atoms with Crippen molar-refractivity contribution in [1.29, 1.82) is 0 Å². The van der Waals surface area contributed by atoms with Crippen molar-refractivity contribution in [2.24, 2.45) is 0 Å². The van der Waals surface area contributed by atoms with Crippen molar-refractivity contribution in [3.63, 3.8) is 0 Å². The van der Waals surface area contributed by atoms with Crippen LogP contribution in [-0.4, -0.2) is 36.5 Å². The van der Waals surface area contributed by atoms with Crippen molar-refractivity contribution in [2.75, 3.05) is 32.7 Å². The number of nitrogens with two attached hydrogens (primary N) is 1. The molecule has 0 aliphatic rings. The quantitative estimate of drug-likeness (QED) is 0.640. The number of nitrogens with zero attached hydrogens (tertiary/aromatic N) is 2. The molecule has 0 spiro atoms. The molecule has 1 heterocycles. The molecule has 0 fully saturated rings. The fourth-order valence-corrected chi connectivity index (χ4v) is 0.914. The number of methoxy groups -OCH3 is 1. The van der Waals surface area contributed by atoms with Crippen LogP contribution < -0.4 is 5.73 Å². The molecule has 5 nitrogen and oxygen atoms in total. The minimum atomic E-state index is 0.539. The Morgan fingerprint density at radius 3 is 2.92 bits per heavy atom. The normalized spacial score (nSPS) is 10.5. The second kappa shape index (κ2) is 5.55. The third-order valence-corrected chi connectivity index (χ3v) is 1.58. The van der Waals surface area contributed by atoms with E-state index in [4.69, 9.17) is 15.2 Å². The van der Waals surface area contributed by atoms with Gasteiger partial charge in [0.25, 0.3) is 0 Å². The third kappa shape index (κ3) is 3.91. The molecule has 0 unspecified atom stereocenters. The zero-order chi connectivity index (χ0) is 9.52. The Morgan fingerprint density at radius 1 is 1.46 bits per heavy atom. The minimum Gasteiger partial charge on any atom is -0.382 e. The molecule has 0 aromatic carbocycles. The van der Waals surface area contributed by atoms with Gasteiger partial charge in [-0.3, -0.25) is 0 Å². The fraction of sp³-hybridized carbons (Fsp3) is 0.625. The number of hydrogen-bond donors (Lipinski definition) is 1. The van der Waals surface area contributed by atoms with Crippen molar-refractivity contribution in [1.82, 2.24) is 9.55 Å². The van der Waals surface area contributed by atoms with Gasteiger partial charge in [0.15, 0.2) is 0 Å². The monoisotopic (exact) mass is 185 g/mol. The highest BCUT2D eigenvalue weighted by Gasteiger charge is 1.93. The van der Waals surface area contributed by atoms with Gasteiger partial charge in [0.2, 0.25) is 0 Å². The van der Waals surface area contributed by atoms with E-state index in [1.54, 1.807) is 19.6 Å². The summed E-state index contributed by atoms with van der Waals surface area (Å²) in [6, 6.07) is 0. The summed E-state index contributed by atoms with van der Waals surface area (Å²) >= 11 is 0. The Balaban J connectivity index is 2.06. The summed E-state index contributed by atoms with van der Waals surface area (Å²) < 4.78 is 12.0. The molecule has 0 bridgehead atoms. The highest BCUT2D eigenvalue weighted by Crippen LogP contribution is 1.95. The first-order valence-corrected chi connectivity index (χ1v) is 4.17. The predicted octanol–water partition coefficient (Wildman–Crippen LogP) is 0.128. The van der Waals surface area contributed by atoms with Gasteiger partial charge in [-0.2, -0.15) is 0 Å². The lowest BCUT2D eigenvalue weighted by molar-refractivity contribution is 0.0666. The van der Waals surface area contributed by atoms with Crippen molar-refractivity contribution >= 4 is 5.82 Å². The van der Waals surface area contributed by atoms with Crippen LogP contribution in [0.1, 0.15) is 0 Å². The molecule has 0 aliphatic carbocycles. The molecule has 74 valence electrons. The van der Waals surface area contributed by atoms with Crippen LogP contribution in [0.3, 0.4) is 0 Å². The van der Waals surface area contributed by atoms with Crippen molar-refractivity contribution < 1.29 is 9.47 Å². The van der Waals surface area contributed by atoms with Crippen LogP contribution in [0.4, 0.5) is 5.82 Å². The molecule has 13 heavy (non-hydrogen) atoms. The van der Waals surface area contributed by atoms with E-state index in [0.717, 1.165) is 6.54 Å². The van der Waals surface area contributed by atoms with Gasteiger partial charge < -0.3 is 19.8 Å². The van der Waals surface area contributed by atoms with Crippen LogP contribution >= 0.6 is 0 Å². The zero-order valence-electron chi connectivity index (χ0n) is 7.77. The maximum atomic E-state index is 5.44. The first kappa shape index (κ1) is 10.0. The molecule has 0 saturated carbocycles. The topological polar surface area (TPSA) is 62.3 Å². The minimum absolute atomic E-state index is 0.539. The second-order valence-corrected chi connectivity index (χ2v) is 2.64. The number of anilines is 1. The van der Waals surface area contributed by atoms with Gasteiger partial charge in [0.05, 0.1) is 26.1 Å². The Hall–Kier alpha value is -1.07. The zero-order valence-corrected chi connectivity index (χ0v) is 7.77. The van der Waals surface area contributed by atoms with Gasteiger partial charge in [-0.05, 0) is 0 Å². The van der Waals surface area contributed by atoms with Gasteiger partial charge in [-0.1, -0.05) is 0 Å². The molecule has 2 N–H and O–H groups in total. The van der Waals surface area contributed by atoms with E-state index in [9.17, 15) is 0 Å². The maximum absolute atomic E-state index is 5.44. The summed E-state index contributed by atoms with van der Waals surface area (Å²) in [5.41, 5.74) is 5.44. The summed E-state index contributed by atoms with van der Waals surface area (Å²) in [5.74, 6) is 0.539. The molecule has 0 saturated heterocycles. The standard InChI is InChI=1S/C8H15N3O2/c1-12-4-5-13-3-2-11-6-8(9)10-7-11/h6-7H,2-5,9H2,1H3. The smallest absolute Gasteiger partial charge is 0.141 e. The van der Waals surface area contributed by atoms with Gasteiger partial charge in [0, 0.05) is 19.9 Å². The van der Waals surface area contributed by atoms with E-state index in [-0.39, 0.29) is 0 Å². The summed E-state index contributed by atoms with van der Waals surface area (Å²) in [6.45, 7) is 2.68. The fourth-order valence-electron chi connectivity index (χ4n) is 0.914. The summed E-state index contributed by atoms with van der Waals surface area (Å²) in [5, 5.41) is 0. The van der Waals surface area contributed by atoms with Crippen LogP contribution in [0, 0.1) is 0 Å². The number of aromatic nitrogens is 2. The second-order valence-electron chi connectivity index (χ2n) is 2.64. The largest absolute Gasteiger partial charge is 0.382 e. The maximum Gasteiger partial charge on any atom is 0.141 e. The number of hydrogen-bond acceptors (Lipinski definition) is 4. The predicted molar refractivity (Wildman–Crippen MR) is 49.3 cm³/mol. The summed E-state index contributed by atoms with van der Waals surface area (Å²) in [4.78, 5) is 3.89. The van der Waals surface area contributed by atoms with Crippen molar-refractivity contribution in [3.8, 4) is 0 Å². The highest BCUT2D eigenvalue weighted by atomic mass is 16.5. The molecule has 0 amide bonds. The van der Waals surface area contributed by atoms with E-state index in [1.165, 1.54) is 0 Å². The lowest BCUT2D eigenvalue weighted by atomic mass is 10.6. The number of imidazole rings is 1. The van der Waals surface area contributed by atoms with Gasteiger partial charge in [0.1, 0.15) is 5.82 Å². The molecule has 5 heteroatoms. The lowest BCUT2D eigenvalue weighted by Gasteiger charge is -2.03. The van der Waals surface area contributed by atoms with E-state index in [1.807, 2.05) is 4.57 Å². The van der Waals surface area contributed by atoms with Gasteiger partial charge in [-0.15, -0.1) is 0 Å². The summed E-state index contributed by atoms with van der Waals surface area (Å²) in [6.07, 6.45) is 3.47. The SMILES string of the molecule is COCCOCCn1cnc(N)c1. The average Bonchev–Trinajstić information content (AvgIpc) is 2.51. The van der Waals surface area contributed by atoms with E-state index < -0.39 is 0 Å². The first-order valence-electron chi connectivity index (χ1n) is 4.17. The lowest BCUT2D eigenvalue weighted by Crippen LogP contribution is -2.08. The molecular weight excluding hydrogens is 170 g/mol. The highest BCUT2D eigenvalue weighted by molar-refractivity contribution is 5.22. The Kier molecular flexibility index (Phi) is 4.28. The number of nitrogen functional groups attached to an aromatic ring is 1. The molecule has 0 atom stereocenters. The average molecular weight is 185 g/mol. The van der Waals surface area contributed by atoms with Crippen molar-refractivity contribution in [3.05, 3.63) is 12.5 Å². The Bertz CT molecular complexity index is 237. The van der Waals surface area contributed by atoms with Crippen LogP contribution in [0.25, 0.3) is 0 Å². The van der Waals surface area contributed by atoms with Crippen LogP contribution in [0.5, 0.6) is 0 Å². The molecule has 1 rings (SSSR count). The van der Waals surface area contributed by atoms with Gasteiger partial charge in [-0.25, -0.2) is 4.98 Å². The molecule has 0 aliphatic heterocycles. The third-order valence-electron chi connectivity index (χ3n) is 1.58. The number of ether oxygens (including phenoxy) is 2. The van der Waals surface area contributed by atoms with E-state index >= 15 is 0 Å². The first-order chi connectivity index (χ1) is 6.33. The van der Waals surface area contributed by atoms with Crippen molar-refractivity contribution in [2.45, 2.75) is 6.54 Å². The van der Waals surface area contributed by atoms with Crippen LogP contribution in [-0.2, 0) is 16.0 Å². The van der Waals surface area contributed by atoms with Gasteiger partial charge >= 0.3 is 0 Å². The van der Waals surface area contributed by atoms with Crippen LogP contribution in [0.2, 0.25) is 0 Å². The molecule has 1 aromatic heterocycles. The van der Waals surface area contributed by atoms with E-state index in [2.05, 4.69) is 4.98 Å². The van der Waals surface area contributed by atoms with Crippen LogP contribution in [0.15, 0.2) is 12.5 Å². The molecular formula is C8H15N3O2. The number of rotatable bonds is 6. The summed E-state index contributed by atoms with van der Waals surface area (Å²) in [7, 11) is 1.65.